The Morgan fingerprint density at radius 3 is 1.14 bits per heavy atom. The lowest BCUT2D eigenvalue weighted by Crippen LogP contribution is -2.63. The average molecular weight is 2020 g/mol. The van der Waals surface area contributed by atoms with Crippen molar-refractivity contribution in [3.05, 3.63) is 0 Å². The molecule has 7 saturated carbocycles. The predicted octanol–water partition coefficient (Wildman–Crippen LogP) is 27.0. The van der Waals surface area contributed by atoms with Gasteiger partial charge in [0.05, 0.1) is 118 Å². The zero-order valence-corrected chi connectivity index (χ0v) is 99.3. The highest BCUT2D eigenvalue weighted by Crippen LogP contribution is 2.77. The van der Waals surface area contributed by atoms with Crippen molar-refractivity contribution in [2.24, 2.45) is 44.8 Å². The van der Waals surface area contributed by atoms with Gasteiger partial charge in [-0.15, -0.1) is 12.3 Å². The van der Waals surface area contributed by atoms with E-state index < -0.39 is 17.4 Å². The zero-order chi connectivity index (χ0) is 108. The summed E-state index contributed by atoms with van der Waals surface area (Å²) in [7, 11) is 2.18. The predicted molar refractivity (Wildman–Crippen MR) is 595 cm³/mol. The molecule has 3 unspecified atom stereocenters. The maximum atomic E-state index is 13.3. The maximum absolute atomic E-state index is 13.3. The monoisotopic (exact) mass is 2020 g/mol. The van der Waals surface area contributed by atoms with Crippen LogP contribution in [0.4, 0.5) is 8.78 Å². The summed E-state index contributed by atoms with van der Waals surface area (Å²) in [6.45, 7) is 91.5. The molecule has 1 amide bonds. The number of likely N-dealkylation sites (tertiary alicyclic amines) is 2. The van der Waals surface area contributed by atoms with Crippen molar-refractivity contribution in [1.82, 2.24) is 24.9 Å². The number of ether oxygens (including phenoxy) is 12. The van der Waals surface area contributed by atoms with E-state index in [-0.39, 0.29) is 34.2 Å². The quantitative estimate of drug-likeness (QED) is 0.0826. The van der Waals surface area contributed by atoms with Crippen LogP contribution in [0.2, 0.25) is 0 Å². The number of alkyl halides is 2. The molecule has 0 aromatic rings. The van der Waals surface area contributed by atoms with Gasteiger partial charge in [0.25, 0.3) is 0 Å². The first kappa shape index (κ1) is 139. The Balaban J connectivity index is 0.00000151. The Kier molecular flexibility index (Phi) is 77.0. The van der Waals surface area contributed by atoms with Crippen molar-refractivity contribution in [3.8, 4) is 36.0 Å². The SMILES string of the molecule is C#CC1(O)CCC1.CC(C)(C)C#CCN1CCCCC1.CC(C)C(=O)NCCN1CCCCC1.CC(C)OC1CCC(C)(F)CC1.CC(C)OC1CCCC1.CC(C)OC1CCCCC1.CC(C)OC1CCOCC1.CC(C)OC1CCOCC1.CC(C)OC1CCOCC1C.CC(C)OC1COC1.CC(C)OCCN1CCN(C)CC1.CC(F)C(C)(C)C.CCC#CC(C)(C)C.CCC12CC(C(C)C)(C1)C2. The normalized spacial score (nSPS) is 24.6. The van der Waals surface area contributed by atoms with Crippen LogP contribution >= 0.6 is 0 Å². The van der Waals surface area contributed by atoms with Crippen molar-refractivity contribution in [2.45, 2.75) is 550 Å². The number of aliphatic hydroxyl groups is 1. The lowest BCUT2D eigenvalue weighted by molar-refractivity contribution is -0.230. The molecule has 7 aliphatic carbocycles. The highest BCUT2D eigenvalue weighted by molar-refractivity contribution is 5.77. The van der Waals surface area contributed by atoms with E-state index in [0.717, 1.165) is 173 Å². The summed E-state index contributed by atoms with van der Waals surface area (Å²) in [5.41, 5.74) is 0.225. The molecule has 19 nitrogen and oxygen atoms in total. The van der Waals surface area contributed by atoms with Crippen molar-refractivity contribution in [2.75, 3.05) is 145 Å². The summed E-state index contributed by atoms with van der Waals surface area (Å²) in [4.78, 5) is 21.0. The summed E-state index contributed by atoms with van der Waals surface area (Å²) < 4.78 is 90.9. The number of piperazine rings is 1. The Morgan fingerprint density at radius 2 is 0.824 bits per heavy atom. The van der Waals surface area contributed by atoms with Gasteiger partial charge in [-0.2, -0.15) is 0 Å². The fourth-order valence-corrected chi connectivity index (χ4v) is 18.0. The highest BCUT2D eigenvalue weighted by Gasteiger charge is 2.67. The van der Waals surface area contributed by atoms with Crippen LogP contribution in [0.1, 0.15) is 441 Å². The topological polar surface area (TPSA) is 173 Å². The third kappa shape index (κ3) is 75.9. The average Bonchev–Trinajstić information content (AvgIpc) is 0.707. The van der Waals surface area contributed by atoms with Crippen LogP contribution in [0.25, 0.3) is 0 Å². The molecule has 14 fully saturated rings. The summed E-state index contributed by atoms with van der Waals surface area (Å²) in [5.74, 6) is 16.8. The van der Waals surface area contributed by atoms with E-state index in [9.17, 15) is 13.6 Å². The number of terminal acetylenes is 1. The fourth-order valence-electron chi connectivity index (χ4n) is 18.0. The lowest BCUT2D eigenvalue weighted by Gasteiger charge is -2.73. The molecule has 2 bridgehead atoms. The van der Waals surface area contributed by atoms with Gasteiger partial charge in [-0.05, 0) is 369 Å². The number of nitrogens with one attached hydrogen (secondary N) is 1. The lowest BCUT2D eigenvalue weighted by atomic mass is 9.32. The molecule has 14 rings (SSSR count). The van der Waals surface area contributed by atoms with E-state index in [1.165, 1.54) is 155 Å². The smallest absolute Gasteiger partial charge is 0.222 e. The third-order valence-electron chi connectivity index (χ3n) is 27.4. The number of rotatable bonds is 25. The number of amides is 1. The van der Waals surface area contributed by atoms with E-state index in [2.05, 4.69) is 221 Å². The summed E-state index contributed by atoms with van der Waals surface area (Å²) >= 11 is 0. The van der Waals surface area contributed by atoms with Crippen molar-refractivity contribution < 1.29 is 75.5 Å². The molecular formula is C121H233F2N5O14. The van der Waals surface area contributed by atoms with Gasteiger partial charge in [-0.1, -0.05) is 144 Å². The van der Waals surface area contributed by atoms with E-state index >= 15 is 0 Å². The molecule has 14 aliphatic rings. The van der Waals surface area contributed by atoms with Crippen molar-refractivity contribution in [1.29, 1.82) is 0 Å². The Bertz CT molecular complexity index is 3050. The number of nitrogens with zero attached hydrogens (tertiary/aromatic N) is 4. The molecule has 0 spiro atoms. The van der Waals surface area contributed by atoms with Crippen LogP contribution < -0.4 is 5.32 Å². The summed E-state index contributed by atoms with van der Waals surface area (Å²) in [6, 6.07) is 0. The minimum absolute atomic E-state index is 0.108. The second-order valence-corrected chi connectivity index (χ2v) is 48.9. The fraction of sp³-hybridized carbons (Fsp3) is 0.942. The van der Waals surface area contributed by atoms with Crippen molar-refractivity contribution >= 4 is 5.91 Å². The summed E-state index contributed by atoms with van der Waals surface area (Å²) in [5, 5.41) is 11.9. The van der Waals surface area contributed by atoms with E-state index in [1.807, 2.05) is 62.3 Å². The van der Waals surface area contributed by atoms with Crippen LogP contribution in [0.5, 0.6) is 0 Å². The van der Waals surface area contributed by atoms with E-state index in [4.69, 9.17) is 68.4 Å². The van der Waals surface area contributed by atoms with Crippen LogP contribution in [-0.4, -0.2) is 285 Å². The Labute approximate surface area is 877 Å². The molecule has 142 heavy (non-hydrogen) atoms. The minimum Gasteiger partial charge on any atom is -0.381 e. The molecule has 21 heteroatoms. The van der Waals surface area contributed by atoms with Crippen LogP contribution in [0.15, 0.2) is 0 Å². The van der Waals surface area contributed by atoms with Gasteiger partial charge >= 0.3 is 0 Å². The maximum Gasteiger partial charge on any atom is 0.222 e. The van der Waals surface area contributed by atoms with Crippen LogP contribution in [-0.2, 0) is 61.6 Å². The second-order valence-electron chi connectivity index (χ2n) is 48.9. The highest BCUT2D eigenvalue weighted by atomic mass is 19.1. The van der Waals surface area contributed by atoms with Crippen LogP contribution in [0, 0.1) is 80.9 Å². The second kappa shape index (κ2) is 78.5. The first-order valence-electron chi connectivity index (χ1n) is 57.7. The molecule has 840 valence electrons. The van der Waals surface area contributed by atoms with Gasteiger partial charge in [0, 0.05) is 108 Å². The largest absolute Gasteiger partial charge is 0.381 e. The van der Waals surface area contributed by atoms with Gasteiger partial charge in [0.1, 0.15) is 23.5 Å². The molecule has 0 radical (unpaired) electrons. The van der Waals surface area contributed by atoms with Gasteiger partial charge in [0.15, 0.2) is 0 Å². The van der Waals surface area contributed by atoms with Gasteiger partial charge in [-0.25, -0.2) is 8.78 Å². The molecule has 3 atom stereocenters. The van der Waals surface area contributed by atoms with Gasteiger partial charge in [-0.3, -0.25) is 14.6 Å². The number of hydrogen-bond donors (Lipinski definition) is 2. The first-order chi connectivity index (χ1) is 66.5. The Hall–Kier alpha value is -2.67. The summed E-state index contributed by atoms with van der Waals surface area (Å²) in [6.07, 6.45) is 48.7. The molecular weight excluding hydrogens is 1790 g/mol. The first-order valence-corrected chi connectivity index (χ1v) is 57.7. The van der Waals surface area contributed by atoms with Crippen LogP contribution in [0.3, 0.4) is 0 Å². The minimum atomic E-state index is -0.934. The van der Waals surface area contributed by atoms with E-state index in [0.29, 0.717) is 104 Å². The zero-order valence-electron chi connectivity index (χ0n) is 99.3. The third-order valence-corrected chi connectivity index (χ3v) is 27.4. The number of piperidine rings is 2. The number of hydrogen-bond acceptors (Lipinski definition) is 18. The van der Waals surface area contributed by atoms with Gasteiger partial charge in [0.2, 0.25) is 5.91 Å². The number of carbonyl (C=O) groups is 1. The number of halogens is 2. The number of carbonyl (C=O) groups excluding carboxylic acids is 1. The molecule has 7 heterocycles. The number of likely N-dealkylation sites (N-methyl/N-ethyl adjacent to an activating group) is 1. The van der Waals surface area contributed by atoms with Gasteiger partial charge < -0.3 is 77.1 Å². The molecule has 0 aromatic carbocycles. The molecule has 0 aromatic heterocycles. The standard InChI is InChI=1S/C12H21N.C11H22N2O.C10H19FO.C10H22N2O.C10H18.C9H18O2.C9H18O.2C8H16O2.C8H16O.C8H14.C6H13F.C6H12O2.C6H8O/c1-12(2,3)8-7-11-13-9-5-4-6-10-13;1-10(2)11(14)12-6-9-13-7-4-3-5-8-13;1-8(2)12-9-4-6-10(3,11)7-5-9;1-10(2)13-9-8-12-6-4-11(3)5-7-12;1-4-9-5-10(6-9,7-9)8(2)3;1-7(2)11-9-4-5-10-6-8(9)3;1-8(2)10-9-6-4-3-5-7-9;2*1-7(2)10-8-3-5-9-6-4-8;1-7(2)9-8-5-3-4-6-8;1-5-6-7-8(2,3)4;1-5(7)6(2,3)4;1-5(2)8-6-3-7-4-6;1-2-6(7)4-3-5-6/h4-6,9-11H2,1-3H3;10H,3-9H2,1-2H3,(H,12,14);8-9H,4-7H2,1-3H3;10H,4-9H2,1-3H3;8H,4-7H2,1-3H3;7-9H,4-6H2,1-3H3;8-9H,3-7H2,1-2H3;2*7-8H,3-6H2,1-2H3;7-8H,3-6H2,1-2H3;5H2,1-4H3;5H,1-4H3;5-6H,3-4H2,1-2H3;1,7H,3-5H2. The molecule has 7 aliphatic heterocycles. The van der Waals surface area contributed by atoms with Crippen molar-refractivity contribution in [3.63, 3.8) is 0 Å². The Morgan fingerprint density at radius 1 is 0.451 bits per heavy atom. The molecule has 7 saturated heterocycles. The van der Waals surface area contributed by atoms with E-state index in [1.54, 1.807) is 33.1 Å². The molecule has 2 N–H and O–H groups in total.